The van der Waals surface area contributed by atoms with E-state index in [9.17, 15) is 9.59 Å². The van der Waals surface area contributed by atoms with Crippen molar-refractivity contribution in [3.05, 3.63) is 0 Å². The number of nitrogens with one attached hydrogen (secondary N) is 1. The summed E-state index contributed by atoms with van der Waals surface area (Å²) in [7, 11) is 1.48. The number of carbonyl (C=O) groups excluding carboxylic acids is 1. The maximum absolute atomic E-state index is 10.8. The third-order valence-electron chi connectivity index (χ3n) is 1.90. The lowest BCUT2D eigenvalue weighted by atomic mass is 10.0. The van der Waals surface area contributed by atoms with Crippen molar-refractivity contribution in [1.29, 1.82) is 0 Å². The molecule has 2 N–H and O–H groups in total. The van der Waals surface area contributed by atoms with Crippen LogP contribution in [0.15, 0.2) is 0 Å². The van der Waals surface area contributed by atoms with Crippen LogP contribution in [0.2, 0.25) is 0 Å². The molecule has 1 heterocycles. The van der Waals surface area contributed by atoms with E-state index in [1.54, 1.807) is 0 Å². The minimum Gasteiger partial charge on any atom is -0.481 e. The van der Waals surface area contributed by atoms with Crippen molar-refractivity contribution in [3.8, 4) is 0 Å². The van der Waals surface area contributed by atoms with E-state index in [0.717, 1.165) is 0 Å². The van der Waals surface area contributed by atoms with Crippen molar-refractivity contribution in [2.45, 2.75) is 12.5 Å². The second kappa shape index (κ2) is 3.53. The highest BCUT2D eigenvalue weighted by atomic mass is 16.5. The summed E-state index contributed by atoms with van der Waals surface area (Å²) in [5, 5.41) is 11.2. The van der Waals surface area contributed by atoms with E-state index in [1.807, 2.05) is 0 Å². The normalized spacial score (nSPS) is 28.6. The van der Waals surface area contributed by atoms with Gasteiger partial charge in [0.1, 0.15) is 0 Å². The molecule has 2 atom stereocenters. The fourth-order valence-electron chi connectivity index (χ4n) is 1.31. The van der Waals surface area contributed by atoms with E-state index in [1.165, 1.54) is 7.11 Å². The number of carboxylic acid groups (broad SMARTS) is 1. The highest BCUT2D eigenvalue weighted by Crippen LogP contribution is 2.16. The predicted octanol–water partition coefficient (Wildman–Crippen LogP) is -0.778. The van der Waals surface area contributed by atoms with E-state index >= 15 is 0 Å². The molecular weight excluding hydrogens is 162 g/mol. The van der Waals surface area contributed by atoms with Crippen LogP contribution in [0.1, 0.15) is 6.42 Å². The molecule has 0 saturated carbocycles. The molecule has 0 bridgehead atoms. The number of methoxy groups -OCH3 is 1. The zero-order chi connectivity index (χ0) is 9.14. The molecule has 1 rings (SSSR count). The molecule has 12 heavy (non-hydrogen) atoms. The van der Waals surface area contributed by atoms with Gasteiger partial charge in [-0.2, -0.15) is 0 Å². The van der Waals surface area contributed by atoms with Crippen LogP contribution in [-0.4, -0.2) is 36.7 Å². The highest BCUT2D eigenvalue weighted by molar-refractivity contribution is 5.86. The Kier molecular flexibility index (Phi) is 2.65. The first-order valence-corrected chi connectivity index (χ1v) is 3.66. The molecule has 2 unspecified atom stereocenters. The van der Waals surface area contributed by atoms with Gasteiger partial charge in [0.15, 0.2) is 0 Å². The van der Waals surface area contributed by atoms with E-state index in [2.05, 4.69) is 5.32 Å². The molecular formula is C7H11NO4. The van der Waals surface area contributed by atoms with Crippen LogP contribution in [0.5, 0.6) is 0 Å². The largest absolute Gasteiger partial charge is 0.481 e. The summed E-state index contributed by atoms with van der Waals surface area (Å²) < 4.78 is 4.78. The molecule has 0 aliphatic carbocycles. The van der Waals surface area contributed by atoms with Gasteiger partial charge in [0.25, 0.3) is 0 Å². The van der Waals surface area contributed by atoms with E-state index in [4.69, 9.17) is 9.84 Å². The lowest BCUT2D eigenvalue weighted by Crippen LogP contribution is -2.36. The van der Waals surface area contributed by atoms with Gasteiger partial charge in [-0.25, -0.2) is 0 Å². The summed E-state index contributed by atoms with van der Waals surface area (Å²) in [6, 6.07) is -0.375. The number of hydrogen-bond acceptors (Lipinski definition) is 3. The number of carboxylic acids is 1. The Hall–Kier alpha value is -1.10. The first kappa shape index (κ1) is 8.99. The Morgan fingerprint density at radius 3 is 3.00 bits per heavy atom. The molecule has 1 aliphatic rings. The molecule has 5 nitrogen and oxygen atoms in total. The van der Waals surface area contributed by atoms with Crippen LogP contribution in [0.3, 0.4) is 0 Å². The van der Waals surface area contributed by atoms with Crippen molar-refractivity contribution in [2.75, 3.05) is 13.7 Å². The van der Waals surface area contributed by atoms with E-state index in [-0.39, 0.29) is 25.0 Å². The van der Waals surface area contributed by atoms with Gasteiger partial charge in [-0.3, -0.25) is 9.59 Å². The van der Waals surface area contributed by atoms with Crippen LogP contribution >= 0.6 is 0 Å². The standard InChI is InChI=1S/C7H11NO4/c1-12-3-5-4(7(10)11)2-6(9)8-5/h4-5H,2-3H2,1H3,(H,8,9)(H,10,11). The van der Waals surface area contributed by atoms with Gasteiger partial charge in [0.05, 0.1) is 18.6 Å². The average Bonchev–Trinajstić information content (AvgIpc) is 2.32. The number of ether oxygens (including phenoxy) is 1. The zero-order valence-electron chi connectivity index (χ0n) is 6.74. The van der Waals surface area contributed by atoms with E-state index in [0.29, 0.717) is 0 Å². The highest BCUT2D eigenvalue weighted by Gasteiger charge is 2.37. The summed E-state index contributed by atoms with van der Waals surface area (Å²) in [6.07, 6.45) is 0.0589. The van der Waals surface area contributed by atoms with Gasteiger partial charge >= 0.3 is 5.97 Å². The number of carbonyl (C=O) groups is 2. The van der Waals surface area contributed by atoms with Gasteiger partial charge < -0.3 is 15.2 Å². The zero-order valence-corrected chi connectivity index (χ0v) is 6.74. The summed E-state index contributed by atoms with van der Waals surface area (Å²) in [5.41, 5.74) is 0. The summed E-state index contributed by atoms with van der Waals surface area (Å²) in [6.45, 7) is 0.253. The first-order chi connectivity index (χ1) is 5.65. The molecule has 0 aromatic carbocycles. The lowest BCUT2D eigenvalue weighted by molar-refractivity contribution is -0.142. The molecule has 5 heteroatoms. The maximum Gasteiger partial charge on any atom is 0.309 e. The second-order valence-corrected chi connectivity index (χ2v) is 2.78. The molecule has 68 valence electrons. The smallest absolute Gasteiger partial charge is 0.309 e. The number of amides is 1. The van der Waals surface area contributed by atoms with Crippen molar-refractivity contribution in [3.63, 3.8) is 0 Å². The maximum atomic E-state index is 10.8. The van der Waals surface area contributed by atoms with Crippen LogP contribution < -0.4 is 5.32 Å². The number of rotatable bonds is 3. The molecule has 0 aromatic rings. The van der Waals surface area contributed by atoms with Gasteiger partial charge in [0, 0.05) is 13.5 Å². The minimum absolute atomic E-state index is 0.0589. The molecule has 0 spiro atoms. The van der Waals surface area contributed by atoms with Gasteiger partial charge in [-0.1, -0.05) is 0 Å². The van der Waals surface area contributed by atoms with Crippen LogP contribution in [0.4, 0.5) is 0 Å². The Bertz CT molecular complexity index is 204. The van der Waals surface area contributed by atoms with Crippen molar-refractivity contribution in [1.82, 2.24) is 5.32 Å². The second-order valence-electron chi connectivity index (χ2n) is 2.78. The number of hydrogen-bond donors (Lipinski definition) is 2. The molecule has 1 amide bonds. The molecule has 1 saturated heterocycles. The predicted molar refractivity (Wildman–Crippen MR) is 39.5 cm³/mol. The van der Waals surface area contributed by atoms with Crippen LogP contribution in [0.25, 0.3) is 0 Å². The lowest BCUT2D eigenvalue weighted by Gasteiger charge is -2.13. The SMILES string of the molecule is COCC1NC(=O)CC1C(=O)O. The third kappa shape index (κ3) is 1.73. The van der Waals surface area contributed by atoms with E-state index < -0.39 is 11.9 Å². The van der Waals surface area contributed by atoms with Gasteiger partial charge in [-0.05, 0) is 0 Å². The first-order valence-electron chi connectivity index (χ1n) is 3.66. The monoisotopic (exact) mass is 173 g/mol. The van der Waals surface area contributed by atoms with Gasteiger partial charge in [0.2, 0.25) is 5.91 Å². The Labute approximate surface area is 69.7 Å². The van der Waals surface area contributed by atoms with Crippen LogP contribution in [-0.2, 0) is 14.3 Å². The Morgan fingerprint density at radius 2 is 2.50 bits per heavy atom. The molecule has 1 fully saturated rings. The average molecular weight is 173 g/mol. The van der Waals surface area contributed by atoms with Crippen molar-refractivity contribution >= 4 is 11.9 Å². The van der Waals surface area contributed by atoms with Gasteiger partial charge in [-0.15, -0.1) is 0 Å². The summed E-state index contributed by atoms with van der Waals surface area (Å²) in [4.78, 5) is 21.4. The van der Waals surface area contributed by atoms with Crippen molar-refractivity contribution < 1.29 is 19.4 Å². The Morgan fingerprint density at radius 1 is 1.83 bits per heavy atom. The fourth-order valence-corrected chi connectivity index (χ4v) is 1.31. The fraction of sp³-hybridized carbons (Fsp3) is 0.714. The summed E-state index contributed by atoms with van der Waals surface area (Å²) >= 11 is 0. The third-order valence-corrected chi connectivity index (χ3v) is 1.90. The summed E-state index contributed by atoms with van der Waals surface area (Å²) in [5.74, 6) is -1.81. The topological polar surface area (TPSA) is 75.6 Å². The Balaban J connectivity index is 2.59. The molecule has 0 radical (unpaired) electrons. The molecule has 0 aromatic heterocycles. The quantitative estimate of drug-likeness (QED) is 0.587. The van der Waals surface area contributed by atoms with Crippen LogP contribution in [0, 0.1) is 5.92 Å². The van der Waals surface area contributed by atoms with Crippen molar-refractivity contribution in [2.24, 2.45) is 5.92 Å². The minimum atomic E-state index is -0.949. The number of aliphatic carboxylic acids is 1. The molecule has 1 aliphatic heterocycles.